The fourth-order valence-corrected chi connectivity index (χ4v) is 5.02. The molecule has 0 bridgehead atoms. The predicted octanol–water partition coefficient (Wildman–Crippen LogP) is 4.73. The highest BCUT2D eigenvalue weighted by Crippen LogP contribution is 2.36. The Kier molecular flexibility index (Phi) is 6.20. The first-order valence-electron chi connectivity index (χ1n) is 7.83. The van der Waals surface area contributed by atoms with Gasteiger partial charge in [0.15, 0.2) is 0 Å². The average molecular weight is 469 g/mol. The Labute approximate surface area is 176 Å². The molecule has 0 radical (unpaired) electrons. The fraction of sp³-hybridized carbons (Fsp3) is 0.250. The van der Waals surface area contributed by atoms with Gasteiger partial charge >= 0.3 is 0 Å². The molecule has 3 rings (SSSR count). The summed E-state index contributed by atoms with van der Waals surface area (Å²) in [7, 11) is -3.61. The molecule has 0 unspecified atom stereocenters. The van der Waals surface area contributed by atoms with E-state index < -0.39 is 15.9 Å². The van der Waals surface area contributed by atoms with E-state index in [9.17, 15) is 13.2 Å². The van der Waals surface area contributed by atoms with Crippen LogP contribution >= 0.6 is 46.4 Å². The van der Waals surface area contributed by atoms with E-state index in [1.807, 2.05) is 0 Å². The van der Waals surface area contributed by atoms with Crippen LogP contribution in [-0.4, -0.2) is 36.7 Å². The van der Waals surface area contributed by atoms with Crippen molar-refractivity contribution in [3.8, 4) is 0 Å². The lowest BCUT2D eigenvalue weighted by atomic mass is 10.3. The van der Waals surface area contributed by atoms with Crippen molar-refractivity contribution in [1.82, 2.24) is 9.29 Å². The SMILES string of the molecule is O=C(Nc1cccc(S(=O)(=O)N2CCCC2)c1)c1nc(Cl)c(Cl)c(Cl)c1Cl. The molecule has 0 atom stereocenters. The number of carbonyl (C=O) groups is 1. The quantitative estimate of drug-likeness (QED) is 0.657. The van der Waals surface area contributed by atoms with E-state index in [4.69, 9.17) is 46.4 Å². The fourth-order valence-electron chi connectivity index (χ4n) is 2.64. The summed E-state index contributed by atoms with van der Waals surface area (Å²) in [5.74, 6) is -0.698. The molecule has 1 aromatic carbocycles. The summed E-state index contributed by atoms with van der Waals surface area (Å²) >= 11 is 23.6. The van der Waals surface area contributed by atoms with E-state index in [1.54, 1.807) is 6.07 Å². The molecule has 2 heterocycles. The van der Waals surface area contributed by atoms with E-state index >= 15 is 0 Å². The number of nitrogens with zero attached hydrogens (tertiary/aromatic N) is 2. The van der Waals surface area contributed by atoms with Gasteiger partial charge in [-0.05, 0) is 31.0 Å². The normalized spacial score (nSPS) is 15.1. The molecule has 1 saturated heterocycles. The number of halogens is 4. The molecule has 27 heavy (non-hydrogen) atoms. The Morgan fingerprint density at radius 2 is 1.70 bits per heavy atom. The first-order valence-corrected chi connectivity index (χ1v) is 10.8. The lowest BCUT2D eigenvalue weighted by Crippen LogP contribution is -2.28. The monoisotopic (exact) mass is 467 g/mol. The third kappa shape index (κ3) is 4.18. The zero-order chi connectivity index (χ0) is 19.8. The molecule has 0 saturated carbocycles. The zero-order valence-electron chi connectivity index (χ0n) is 13.7. The molecule has 0 aliphatic carbocycles. The highest BCUT2D eigenvalue weighted by Gasteiger charge is 2.27. The van der Waals surface area contributed by atoms with Gasteiger partial charge in [-0.15, -0.1) is 0 Å². The summed E-state index contributed by atoms with van der Waals surface area (Å²) in [5, 5.41) is 2.09. The number of sulfonamides is 1. The van der Waals surface area contributed by atoms with Gasteiger partial charge in [0.25, 0.3) is 5.91 Å². The number of aromatic nitrogens is 1. The number of carbonyl (C=O) groups excluding carboxylic acids is 1. The first-order chi connectivity index (χ1) is 12.7. The van der Waals surface area contributed by atoms with Crippen molar-refractivity contribution in [2.75, 3.05) is 18.4 Å². The van der Waals surface area contributed by atoms with Crippen molar-refractivity contribution in [2.24, 2.45) is 0 Å². The van der Waals surface area contributed by atoms with Crippen LogP contribution in [0.15, 0.2) is 29.2 Å². The minimum absolute atomic E-state index is 0.0569. The topological polar surface area (TPSA) is 79.4 Å². The van der Waals surface area contributed by atoms with Crippen LogP contribution in [0.5, 0.6) is 0 Å². The van der Waals surface area contributed by atoms with Crippen LogP contribution in [0.2, 0.25) is 20.2 Å². The predicted molar refractivity (Wildman–Crippen MR) is 107 cm³/mol. The van der Waals surface area contributed by atoms with Gasteiger partial charge in [-0.25, -0.2) is 13.4 Å². The maximum atomic E-state index is 12.7. The molecule has 11 heteroatoms. The minimum atomic E-state index is -3.61. The van der Waals surface area contributed by atoms with Crippen molar-refractivity contribution in [2.45, 2.75) is 17.7 Å². The number of benzene rings is 1. The maximum absolute atomic E-state index is 12.7. The zero-order valence-corrected chi connectivity index (χ0v) is 17.5. The van der Waals surface area contributed by atoms with Gasteiger partial charge in [0.1, 0.15) is 10.8 Å². The molecule has 1 N–H and O–H groups in total. The van der Waals surface area contributed by atoms with Gasteiger partial charge in [-0.2, -0.15) is 4.31 Å². The summed E-state index contributed by atoms with van der Waals surface area (Å²) < 4.78 is 26.7. The maximum Gasteiger partial charge on any atom is 0.275 e. The Bertz CT molecular complexity index is 1010. The highest BCUT2D eigenvalue weighted by molar-refractivity contribution is 7.89. The van der Waals surface area contributed by atoms with Crippen LogP contribution in [0.4, 0.5) is 5.69 Å². The third-order valence-corrected chi connectivity index (χ3v) is 7.57. The van der Waals surface area contributed by atoms with Crippen molar-refractivity contribution in [3.05, 3.63) is 50.2 Å². The molecular formula is C16H13Cl4N3O3S. The number of amides is 1. The molecule has 144 valence electrons. The molecule has 1 amide bonds. The summed E-state index contributed by atoms with van der Waals surface area (Å²) in [5.41, 5.74) is 0.0456. The molecule has 0 spiro atoms. The van der Waals surface area contributed by atoms with E-state index in [1.165, 1.54) is 22.5 Å². The van der Waals surface area contributed by atoms with Crippen molar-refractivity contribution in [3.63, 3.8) is 0 Å². The summed E-state index contributed by atoms with van der Waals surface area (Å²) in [4.78, 5) is 16.4. The van der Waals surface area contributed by atoms with Crippen LogP contribution in [0.25, 0.3) is 0 Å². The average Bonchev–Trinajstić information content (AvgIpc) is 3.18. The van der Waals surface area contributed by atoms with Gasteiger partial charge in [0.2, 0.25) is 10.0 Å². The number of hydrogen-bond donors (Lipinski definition) is 1. The molecule has 6 nitrogen and oxygen atoms in total. The Morgan fingerprint density at radius 3 is 2.37 bits per heavy atom. The molecule has 1 aliphatic rings. The number of hydrogen-bond acceptors (Lipinski definition) is 4. The van der Waals surface area contributed by atoms with Gasteiger partial charge in [0.05, 0.1) is 20.0 Å². The second kappa shape index (κ2) is 8.11. The summed E-state index contributed by atoms with van der Waals surface area (Å²) in [6.45, 7) is 0.973. The molecular weight excluding hydrogens is 456 g/mol. The lowest BCUT2D eigenvalue weighted by molar-refractivity contribution is 0.102. The van der Waals surface area contributed by atoms with Crippen LogP contribution in [0, 0.1) is 0 Å². The number of pyridine rings is 1. The Balaban J connectivity index is 1.88. The van der Waals surface area contributed by atoms with Crippen LogP contribution in [-0.2, 0) is 10.0 Å². The number of rotatable bonds is 4. The van der Waals surface area contributed by atoms with Gasteiger partial charge in [-0.1, -0.05) is 52.5 Å². The van der Waals surface area contributed by atoms with Crippen LogP contribution in [0.1, 0.15) is 23.3 Å². The second-order valence-electron chi connectivity index (χ2n) is 5.79. The van der Waals surface area contributed by atoms with Crippen LogP contribution in [0.3, 0.4) is 0 Å². The van der Waals surface area contributed by atoms with E-state index in [0.29, 0.717) is 13.1 Å². The van der Waals surface area contributed by atoms with Gasteiger partial charge in [-0.3, -0.25) is 4.79 Å². The Hall–Kier alpha value is -1.09. The van der Waals surface area contributed by atoms with E-state index in [-0.39, 0.29) is 36.5 Å². The van der Waals surface area contributed by atoms with Crippen LogP contribution < -0.4 is 5.32 Å². The largest absolute Gasteiger partial charge is 0.321 e. The van der Waals surface area contributed by atoms with Gasteiger partial charge < -0.3 is 5.32 Å². The smallest absolute Gasteiger partial charge is 0.275 e. The van der Waals surface area contributed by atoms with Crippen molar-refractivity contribution >= 4 is 68.0 Å². The number of nitrogens with one attached hydrogen (secondary N) is 1. The number of anilines is 1. The molecule has 1 fully saturated rings. The molecule has 1 aliphatic heterocycles. The standard InChI is InChI=1S/C16H13Cl4N3O3S/c17-11-12(18)14(22-15(20)13(11)19)16(24)21-9-4-3-5-10(8-9)27(25,26)23-6-1-2-7-23/h3-5,8H,1-2,6-7H2,(H,21,24). The minimum Gasteiger partial charge on any atom is -0.321 e. The lowest BCUT2D eigenvalue weighted by Gasteiger charge is -2.16. The highest BCUT2D eigenvalue weighted by atomic mass is 35.5. The summed E-state index contributed by atoms with van der Waals surface area (Å²) in [6, 6.07) is 5.94. The molecule has 2 aromatic rings. The van der Waals surface area contributed by atoms with Crippen molar-refractivity contribution in [1.29, 1.82) is 0 Å². The third-order valence-electron chi connectivity index (χ3n) is 3.99. The first kappa shape index (κ1) is 20.6. The van der Waals surface area contributed by atoms with E-state index in [0.717, 1.165) is 12.8 Å². The van der Waals surface area contributed by atoms with Crippen molar-refractivity contribution < 1.29 is 13.2 Å². The summed E-state index contributed by atoms with van der Waals surface area (Å²) in [6.07, 6.45) is 1.66. The Morgan fingerprint density at radius 1 is 1.04 bits per heavy atom. The van der Waals surface area contributed by atoms with E-state index in [2.05, 4.69) is 10.3 Å². The molecule has 1 aromatic heterocycles. The second-order valence-corrected chi connectivity index (χ2v) is 9.22. The van der Waals surface area contributed by atoms with Gasteiger partial charge in [0, 0.05) is 18.8 Å².